The quantitative estimate of drug-likeness (QED) is 0.912. The van der Waals surface area contributed by atoms with Crippen molar-refractivity contribution in [3.63, 3.8) is 0 Å². The second kappa shape index (κ2) is 6.76. The van der Waals surface area contributed by atoms with E-state index >= 15 is 0 Å². The summed E-state index contributed by atoms with van der Waals surface area (Å²) < 4.78 is 14.5. The highest BCUT2D eigenvalue weighted by Gasteiger charge is 2.21. The second-order valence-corrected chi connectivity index (χ2v) is 5.39. The van der Waals surface area contributed by atoms with Crippen LogP contribution < -0.4 is 5.32 Å². The lowest BCUT2D eigenvalue weighted by Crippen LogP contribution is -2.26. The molecule has 0 aliphatic heterocycles. The molecular formula is C17H22FN3. The minimum atomic E-state index is -0.243. The molecule has 0 saturated carbocycles. The van der Waals surface area contributed by atoms with Crippen LogP contribution in [0.1, 0.15) is 47.6 Å². The lowest BCUT2D eigenvalue weighted by molar-refractivity contribution is 0.534. The number of nitrogens with zero attached hydrogens (tertiary/aromatic N) is 2. The first-order valence-corrected chi connectivity index (χ1v) is 7.32. The minimum Gasteiger partial charge on any atom is -0.305 e. The second-order valence-electron chi connectivity index (χ2n) is 5.39. The topological polar surface area (TPSA) is 37.8 Å². The van der Waals surface area contributed by atoms with E-state index in [0.717, 1.165) is 29.8 Å². The van der Waals surface area contributed by atoms with Gasteiger partial charge in [0.15, 0.2) is 0 Å². The van der Waals surface area contributed by atoms with Crippen molar-refractivity contribution in [1.29, 1.82) is 0 Å². The fourth-order valence-electron chi connectivity index (χ4n) is 2.57. The summed E-state index contributed by atoms with van der Waals surface area (Å²) in [4.78, 5) is 8.59. The average molecular weight is 287 g/mol. The van der Waals surface area contributed by atoms with Crippen LogP contribution in [0.3, 0.4) is 0 Å². The van der Waals surface area contributed by atoms with Crippen molar-refractivity contribution < 1.29 is 4.39 Å². The molecule has 1 atom stereocenters. The van der Waals surface area contributed by atoms with Gasteiger partial charge in [-0.05, 0) is 57.0 Å². The first-order chi connectivity index (χ1) is 10.0. The number of halogens is 1. The van der Waals surface area contributed by atoms with Gasteiger partial charge in [-0.25, -0.2) is 14.4 Å². The van der Waals surface area contributed by atoms with Crippen molar-refractivity contribution in [3.8, 4) is 0 Å². The number of aryl methyl sites for hydroxylation is 3. The van der Waals surface area contributed by atoms with Gasteiger partial charge in [0.1, 0.15) is 11.6 Å². The minimum absolute atomic E-state index is 0.183. The van der Waals surface area contributed by atoms with Crippen LogP contribution in [-0.4, -0.2) is 16.5 Å². The Morgan fingerprint density at radius 2 is 2.00 bits per heavy atom. The summed E-state index contributed by atoms with van der Waals surface area (Å²) >= 11 is 0. The van der Waals surface area contributed by atoms with E-state index in [-0.39, 0.29) is 11.9 Å². The number of hydrogen-bond donors (Lipinski definition) is 1. The zero-order chi connectivity index (χ0) is 15.4. The molecular weight excluding hydrogens is 265 g/mol. The average Bonchev–Trinajstić information content (AvgIpc) is 2.41. The molecule has 0 bridgehead atoms. The Kier molecular flexibility index (Phi) is 5.02. The maximum atomic E-state index is 14.5. The summed E-state index contributed by atoms with van der Waals surface area (Å²) in [7, 11) is 0. The van der Waals surface area contributed by atoms with E-state index in [1.54, 1.807) is 12.3 Å². The van der Waals surface area contributed by atoms with E-state index in [4.69, 9.17) is 0 Å². The summed E-state index contributed by atoms with van der Waals surface area (Å²) in [5, 5.41) is 3.40. The molecule has 0 spiro atoms. The first-order valence-electron chi connectivity index (χ1n) is 7.32. The molecule has 1 aromatic heterocycles. The molecule has 2 aromatic rings. The highest BCUT2D eigenvalue weighted by Crippen LogP contribution is 2.27. The summed E-state index contributed by atoms with van der Waals surface area (Å²) in [6.45, 7) is 8.59. The third kappa shape index (κ3) is 3.64. The van der Waals surface area contributed by atoms with E-state index in [0.29, 0.717) is 11.4 Å². The summed E-state index contributed by atoms with van der Waals surface area (Å²) in [6, 6.07) is 5.19. The van der Waals surface area contributed by atoms with E-state index in [9.17, 15) is 4.39 Å². The Bertz CT molecular complexity index is 602. The van der Waals surface area contributed by atoms with Crippen molar-refractivity contribution in [2.24, 2.45) is 0 Å². The van der Waals surface area contributed by atoms with Gasteiger partial charge in [-0.3, -0.25) is 0 Å². The van der Waals surface area contributed by atoms with E-state index in [1.165, 1.54) is 0 Å². The van der Waals surface area contributed by atoms with Crippen LogP contribution >= 0.6 is 0 Å². The maximum absolute atomic E-state index is 14.5. The van der Waals surface area contributed by atoms with Gasteiger partial charge in [0.2, 0.25) is 0 Å². The SMILES string of the molecule is CCCNC(c1ccnc(C)n1)c1c(C)cc(C)cc1F. The van der Waals surface area contributed by atoms with Gasteiger partial charge in [0.25, 0.3) is 0 Å². The van der Waals surface area contributed by atoms with Gasteiger partial charge in [-0.15, -0.1) is 0 Å². The molecule has 4 heteroatoms. The summed E-state index contributed by atoms with van der Waals surface area (Å²) in [6.07, 6.45) is 2.70. The highest BCUT2D eigenvalue weighted by molar-refractivity contribution is 5.38. The molecule has 0 aliphatic carbocycles. The zero-order valence-electron chi connectivity index (χ0n) is 13.1. The van der Waals surface area contributed by atoms with Gasteiger partial charge in [-0.2, -0.15) is 0 Å². The fourth-order valence-corrected chi connectivity index (χ4v) is 2.57. The molecule has 1 heterocycles. The van der Waals surface area contributed by atoms with Crippen molar-refractivity contribution in [3.05, 3.63) is 58.4 Å². The normalized spacial score (nSPS) is 12.4. The monoisotopic (exact) mass is 287 g/mol. The predicted octanol–water partition coefficient (Wildman–Crippen LogP) is 3.63. The lowest BCUT2D eigenvalue weighted by atomic mass is 9.96. The third-order valence-corrected chi connectivity index (χ3v) is 3.46. The number of rotatable bonds is 5. The Hall–Kier alpha value is -1.81. The molecule has 0 amide bonds. The number of benzene rings is 1. The van der Waals surface area contributed by atoms with Crippen LogP contribution in [0.4, 0.5) is 4.39 Å². The van der Waals surface area contributed by atoms with Crippen LogP contribution in [0.25, 0.3) is 0 Å². The highest BCUT2D eigenvalue weighted by atomic mass is 19.1. The molecule has 1 aromatic carbocycles. The summed E-state index contributed by atoms with van der Waals surface area (Å²) in [5.41, 5.74) is 3.35. The van der Waals surface area contributed by atoms with E-state index in [1.807, 2.05) is 32.9 Å². The fraction of sp³-hybridized carbons (Fsp3) is 0.412. The van der Waals surface area contributed by atoms with Crippen LogP contribution in [-0.2, 0) is 0 Å². The van der Waals surface area contributed by atoms with Gasteiger partial charge in [0, 0.05) is 11.8 Å². The van der Waals surface area contributed by atoms with Crippen molar-refractivity contribution >= 4 is 0 Å². The van der Waals surface area contributed by atoms with E-state index in [2.05, 4.69) is 22.2 Å². The Balaban J connectivity index is 2.50. The van der Waals surface area contributed by atoms with E-state index < -0.39 is 0 Å². The molecule has 1 unspecified atom stereocenters. The summed E-state index contributed by atoms with van der Waals surface area (Å²) in [5.74, 6) is 0.512. The van der Waals surface area contributed by atoms with Gasteiger partial charge in [0.05, 0.1) is 11.7 Å². The van der Waals surface area contributed by atoms with Crippen molar-refractivity contribution in [1.82, 2.24) is 15.3 Å². The molecule has 0 radical (unpaired) electrons. The molecule has 0 saturated heterocycles. The largest absolute Gasteiger partial charge is 0.305 e. The number of aromatic nitrogens is 2. The molecule has 2 rings (SSSR count). The smallest absolute Gasteiger partial charge is 0.128 e. The Morgan fingerprint density at radius 3 is 2.62 bits per heavy atom. The van der Waals surface area contributed by atoms with Crippen molar-refractivity contribution in [2.45, 2.75) is 40.2 Å². The molecule has 112 valence electrons. The molecule has 1 N–H and O–H groups in total. The van der Waals surface area contributed by atoms with Crippen LogP contribution in [0.5, 0.6) is 0 Å². The predicted molar refractivity (Wildman–Crippen MR) is 82.8 cm³/mol. The zero-order valence-corrected chi connectivity index (χ0v) is 13.1. The molecule has 21 heavy (non-hydrogen) atoms. The number of nitrogens with one attached hydrogen (secondary N) is 1. The molecule has 0 fully saturated rings. The third-order valence-electron chi connectivity index (χ3n) is 3.46. The standard InChI is InChI=1S/C17H22FN3/c1-5-7-20-17(15-6-8-19-13(4)21-15)16-12(3)9-11(2)10-14(16)18/h6,8-10,17,20H,5,7H2,1-4H3. The Labute approximate surface area is 125 Å². The maximum Gasteiger partial charge on any atom is 0.128 e. The van der Waals surface area contributed by atoms with Crippen molar-refractivity contribution in [2.75, 3.05) is 6.54 Å². The van der Waals surface area contributed by atoms with Gasteiger partial charge in [-0.1, -0.05) is 13.0 Å². The molecule has 3 nitrogen and oxygen atoms in total. The lowest BCUT2D eigenvalue weighted by Gasteiger charge is -2.21. The Morgan fingerprint density at radius 1 is 1.24 bits per heavy atom. The first kappa shape index (κ1) is 15.6. The van der Waals surface area contributed by atoms with Crippen LogP contribution in [0.15, 0.2) is 24.4 Å². The number of hydrogen-bond acceptors (Lipinski definition) is 3. The van der Waals surface area contributed by atoms with Gasteiger partial charge >= 0.3 is 0 Å². The molecule has 0 aliphatic rings. The van der Waals surface area contributed by atoms with Crippen LogP contribution in [0.2, 0.25) is 0 Å². The van der Waals surface area contributed by atoms with Crippen LogP contribution in [0, 0.1) is 26.6 Å². The van der Waals surface area contributed by atoms with Gasteiger partial charge < -0.3 is 5.32 Å².